The standard InChI is InChI=1S/C24H32N2O4.ClH/c1-25(2)15-17-29-23(27)21-11-7-19(8-12-21)5-6-20-9-13-22(14-10-20)24(28)30-18-16-26(3)4;/h7-14H,5-6,15-18H2,1-4H3;1H. The number of hydrogen-bond donors (Lipinski definition) is 0. The van der Waals surface area contributed by atoms with Crippen LogP contribution >= 0.6 is 12.4 Å². The molecule has 0 atom stereocenters. The van der Waals surface area contributed by atoms with Crippen molar-refractivity contribution in [3.63, 3.8) is 0 Å². The van der Waals surface area contributed by atoms with E-state index in [9.17, 15) is 9.59 Å². The van der Waals surface area contributed by atoms with Crippen LogP contribution in [-0.4, -0.2) is 76.2 Å². The molecule has 0 aliphatic carbocycles. The Morgan fingerprint density at radius 2 is 0.968 bits per heavy atom. The van der Waals surface area contributed by atoms with E-state index in [1.54, 1.807) is 24.3 Å². The number of carbonyl (C=O) groups excluding carboxylic acids is 2. The first-order valence-corrected chi connectivity index (χ1v) is 10.2. The van der Waals surface area contributed by atoms with Crippen LogP contribution in [0.15, 0.2) is 48.5 Å². The first-order valence-electron chi connectivity index (χ1n) is 10.2. The zero-order valence-electron chi connectivity index (χ0n) is 18.8. The molecule has 0 heterocycles. The van der Waals surface area contributed by atoms with Crippen LogP contribution < -0.4 is 0 Å². The van der Waals surface area contributed by atoms with E-state index in [1.165, 1.54) is 0 Å². The van der Waals surface area contributed by atoms with Crippen molar-refractivity contribution in [1.82, 2.24) is 9.80 Å². The fourth-order valence-corrected chi connectivity index (χ4v) is 2.71. The topological polar surface area (TPSA) is 59.1 Å². The molecule has 0 radical (unpaired) electrons. The minimum absolute atomic E-state index is 0. The second-order valence-electron chi connectivity index (χ2n) is 7.77. The van der Waals surface area contributed by atoms with E-state index >= 15 is 0 Å². The molecule has 0 aromatic heterocycles. The van der Waals surface area contributed by atoms with Crippen molar-refractivity contribution in [1.29, 1.82) is 0 Å². The molecule has 0 spiro atoms. The summed E-state index contributed by atoms with van der Waals surface area (Å²) in [6.45, 7) is 2.17. The SMILES string of the molecule is CN(C)CCOC(=O)c1ccc(CCc2ccc(C(=O)OCCN(C)C)cc2)cc1.Cl. The number of likely N-dealkylation sites (N-methyl/N-ethyl adjacent to an activating group) is 2. The summed E-state index contributed by atoms with van der Waals surface area (Å²) in [5.41, 5.74) is 3.42. The van der Waals surface area contributed by atoms with Crippen LogP contribution in [0.25, 0.3) is 0 Å². The highest BCUT2D eigenvalue weighted by atomic mass is 35.5. The van der Waals surface area contributed by atoms with Gasteiger partial charge in [-0.3, -0.25) is 0 Å². The Morgan fingerprint density at radius 1 is 0.645 bits per heavy atom. The van der Waals surface area contributed by atoms with E-state index in [4.69, 9.17) is 9.47 Å². The molecule has 0 aliphatic rings. The van der Waals surface area contributed by atoms with Gasteiger partial charge in [0.05, 0.1) is 11.1 Å². The lowest BCUT2D eigenvalue weighted by Crippen LogP contribution is -2.20. The summed E-state index contributed by atoms with van der Waals surface area (Å²) in [5, 5.41) is 0. The van der Waals surface area contributed by atoms with Gasteiger partial charge in [-0.25, -0.2) is 9.59 Å². The third-order valence-electron chi connectivity index (χ3n) is 4.62. The number of halogens is 1. The van der Waals surface area contributed by atoms with Gasteiger partial charge in [0.1, 0.15) is 13.2 Å². The number of nitrogens with zero attached hydrogens (tertiary/aromatic N) is 2. The quantitative estimate of drug-likeness (QED) is 0.491. The van der Waals surface area contributed by atoms with Crippen LogP contribution in [0.4, 0.5) is 0 Å². The smallest absolute Gasteiger partial charge is 0.338 e. The minimum Gasteiger partial charge on any atom is -0.461 e. The van der Waals surface area contributed by atoms with Gasteiger partial charge in [0, 0.05) is 13.1 Å². The van der Waals surface area contributed by atoms with Crippen LogP contribution in [-0.2, 0) is 22.3 Å². The Bertz CT molecular complexity index is 736. The number of aryl methyl sites for hydroxylation is 2. The number of rotatable bonds is 11. The first kappa shape index (κ1) is 26.6. The van der Waals surface area contributed by atoms with Crippen LogP contribution in [0.5, 0.6) is 0 Å². The molecule has 170 valence electrons. The molecule has 7 heteroatoms. The normalized spacial score (nSPS) is 10.6. The van der Waals surface area contributed by atoms with Gasteiger partial charge in [-0.15, -0.1) is 12.4 Å². The first-order chi connectivity index (χ1) is 14.3. The van der Waals surface area contributed by atoms with Crippen LogP contribution in [0.1, 0.15) is 31.8 Å². The lowest BCUT2D eigenvalue weighted by Gasteiger charge is -2.10. The van der Waals surface area contributed by atoms with Crippen LogP contribution in [0, 0.1) is 0 Å². The summed E-state index contributed by atoms with van der Waals surface area (Å²) in [5.74, 6) is -0.590. The Hall–Kier alpha value is -2.41. The van der Waals surface area contributed by atoms with Crippen LogP contribution in [0.3, 0.4) is 0 Å². The number of benzene rings is 2. The predicted molar refractivity (Wildman–Crippen MR) is 125 cm³/mol. The second-order valence-corrected chi connectivity index (χ2v) is 7.77. The van der Waals surface area contributed by atoms with Crippen molar-refractivity contribution in [2.45, 2.75) is 12.8 Å². The summed E-state index contributed by atoms with van der Waals surface area (Å²) in [7, 11) is 7.76. The van der Waals surface area contributed by atoms with Gasteiger partial charge in [0.15, 0.2) is 0 Å². The van der Waals surface area contributed by atoms with Gasteiger partial charge in [0.25, 0.3) is 0 Å². The molecule has 0 unspecified atom stereocenters. The molecule has 0 aliphatic heterocycles. The molecule has 0 amide bonds. The maximum atomic E-state index is 12.0. The zero-order valence-corrected chi connectivity index (χ0v) is 19.6. The van der Waals surface area contributed by atoms with E-state index < -0.39 is 0 Å². The van der Waals surface area contributed by atoms with E-state index in [2.05, 4.69) is 0 Å². The summed E-state index contributed by atoms with van der Waals surface area (Å²) in [6, 6.07) is 15.1. The lowest BCUT2D eigenvalue weighted by atomic mass is 10.0. The summed E-state index contributed by atoms with van der Waals surface area (Å²) < 4.78 is 10.5. The molecular formula is C24H33ClN2O4. The van der Waals surface area contributed by atoms with Gasteiger partial charge in [-0.2, -0.15) is 0 Å². The second kappa shape index (κ2) is 13.8. The van der Waals surface area contributed by atoms with Crippen molar-refractivity contribution in [2.75, 3.05) is 54.5 Å². The molecule has 2 aromatic carbocycles. The van der Waals surface area contributed by atoms with Gasteiger partial charge in [-0.05, 0) is 76.4 Å². The highest BCUT2D eigenvalue weighted by molar-refractivity contribution is 5.89. The molecule has 31 heavy (non-hydrogen) atoms. The van der Waals surface area contributed by atoms with Gasteiger partial charge in [0.2, 0.25) is 0 Å². The highest BCUT2D eigenvalue weighted by Crippen LogP contribution is 2.12. The molecule has 6 nitrogen and oxygen atoms in total. The Kier molecular flexibility index (Phi) is 11.9. The van der Waals surface area contributed by atoms with Crippen molar-refractivity contribution in [3.8, 4) is 0 Å². The van der Waals surface area contributed by atoms with E-state index in [1.807, 2.05) is 62.3 Å². The summed E-state index contributed by atoms with van der Waals surface area (Å²) in [6.07, 6.45) is 1.70. The maximum absolute atomic E-state index is 12.0. The van der Waals surface area contributed by atoms with Gasteiger partial charge >= 0.3 is 11.9 Å². The highest BCUT2D eigenvalue weighted by Gasteiger charge is 2.09. The van der Waals surface area contributed by atoms with Crippen molar-refractivity contribution < 1.29 is 19.1 Å². The Balaban J connectivity index is 0.00000480. The average Bonchev–Trinajstić information content (AvgIpc) is 2.72. The molecule has 0 saturated heterocycles. The molecule has 0 bridgehead atoms. The third kappa shape index (κ3) is 9.96. The van der Waals surface area contributed by atoms with Crippen molar-refractivity contribution in [2.24, 2.45) is 0 Å². The van der Waals surface area contributed by atoms with Gasteiger partial charge in [-0.1, -0.05) is 24.3 Å². The lowest BCUT2D eigenvalue weighted by molar-refractivity contribution is 0.0472. The van der Waals surface area contributed by atoms with Gasteiger partial charge < -0.3 is 19.3 Å². The summed E-state index contributed by atoms with van der Waals surface area (Å²) >= 11 is 0. The molecular weight excluding hydrogens is 416 g/mol. The Labute approximate surface area is 191 Å². The number of hydrogen-bond acceptors (Lipinski definition) is 6. The zero-order chi connectivity index (χ0) is 21.9. The number of carbonyl (C=O) groups is 2. The van der Waals surface area contributed by atoms with Crippen molar-refractivity contribution in [3.05, 3.63) is 70.8 Å². The molecule has 2 aromatic rings. The number of ether oxygens (including phenoxy) is 2. The van der Waals surface area contributed by atoms with E-state index in [0.29, 0.717) is 37.4 Å². The number of esters is 2. The maximum Gasteiger partial charge on any atom is 0.338 e. The largest absolute Gasteiger partial charge is 0.461 e. The molecule has 0 saturated carbocycles. The van der Waals surface area contributed by atoms with Crippen LogP contribution in [0.2, 0.25) is 0 Å². The van der Waals surface area contributed by atoms with Crippen molar-refractivity contribution >= 4 is 24.3 Å². The fourth-order valence-electron chi connectivity index (χ4n) is 2.71. The molecule has 0 N–H and O–H groups in total. The fraction of sp³-hybridized carbons (Fsp3) is 0.417. The molecule has 2 rings (SSSR count). The Morgan fingerprint density at radius 3 is 1.26 bits per heavy atom. The van der Waals surface area contributed by atoms with E-state index in [-0.39, 0.29) is 24.3 Å². The summed E-state index contributed by atoms with van der Waals surface area (Å²) in [4.78, 5) is 28.0. The molecule has 0 fully saturated rings. The average molecular weight is 449 g/mol. The predicted octanol–water partition coefficient (Wildman–Crippen LogP) is 3.33. The van der Waals surface area contributed by atoms with E-state index in [0.717, 1.165) is 24.0 Å². The third-order valence-corrected chi connectivity index (χ3v) is 4.62. The monoisotopic (exact) mass is 448 g/mol. The minimum atomic E-state index is -0.295.